The Balaban J connectivity index is 1.88. The van der Waals surface area contributed by atoms with Gasteiger partial charge in [-0.05, 0) is 53.9 Å². The minimum atomic E-state index is -4.18. The number of hydrogen-bond acceptors (Lipinski definition) is 12. The second-order valence-corrected chi connectivity index (χ2v) is 18.9. The first-order valence-electron chi connectivity index (χ1n) is 10.2. The summed E-state index contributed by atoms with van der Waals surface area (Å²) < 4.78 is 13.1. The van der Waals surface area contributed by atoms with E-state index in [0.717, 1.165) is 16.9 Å². The lowest BCUT2D eigenvalue weighted by Crippen LogP contribution is -2.30. The van der Waals surface area contributed by atoms with Crippen molar-refractivity contribution in [3.8, 4) is 11.5 Å². The molecule has 0 spiro atoms. The fourth-order valence-corrected chi connectivity index (χ4v) is 6.61. The van der Waals surface area contributed by atoms with Crippen LogP contribution in [0.4, 0.5) is 0 Å². The largest absolute Gasteiger partial charge is 0.466 e. The molecule has 0 aliphatic rings. The molecule has 0 fully saturated rings. The zero-order chi connectivity index (χ0) is 26.9. The number of nitrogens with zero attached hydrogens (tertiary/aromatic N) is 3. The van der Waals surface area contributed by atoms with E-state index < -0.39 is 43.5 Å². The normalized spacial score (nSPS) is 13.4. The highest BCUT2D eigenvalue weighted by Gasteiger charge is 2.40. The summed E-state index contributed by atoms with van der Waals surface area (Å²) in [6.45, 7) is 0.146. The average molecular weight is 635 g/mol. The molecule has 3 atom stereocenters. The van der Waals surface area contributed by atoms with Crippen LogP contribution >= 0.6 is 61.0 Å². The van der Waals surface area contributed by atoms with Gasteiger partial charge in [-0.1, -0.05) is 42.2 Å². The first kappa shape index (κ1) is 32.4. The third-order valence-corrected chi connectivity index (χ3v) is 8.93. The first-order chi connectivity index (χ1) is 16.7. The highest BCUT2D eigenvalue weighted by atomic mass is 32.7. The lowest BCUT2D eigenvalue weighted by atomic mass is 10.1. The van der Waals surface area contributed by atoms with Crippen LogP contribution in [0.1, 0.15) is 11.1 Å². The van der Waals surface area contributed by atoms with Gasteiger partial charge in [0.2, 0.25) is 0 Å². The summed E-state index contributed by atoms with van der Waals surface area (Å²) in [5, 5.41) is 4.37. The molecule has 0 aromatic heterocycles. The molecule has 200 valence electrons. The number of thiol groups is 1. The maximum Gasteiger partial charge on any atom is 0.419 e. The number of hydrazone groups is 1. The monoisotopic (exact) mass is 635 g/mol. The van der Waals surface area contributed by atoms with Crippen LogP contribution in [0, 0.1) is 0 Å². The highest BCUT2D eigenvalue weighted by molar-refractivity contribution is 8.42. The van der Waals surface area contributed by atoms with Crippen LogP contribution in [-0.4, -0.2) is 71.4 Å². The van der Waals surface area contributed by atoms with Crippen LogP contribution in [0.3, 0.4) is 0 Å². The Bertz CT molecular complexity index is 947. The molecule has 0 radical (unpaired) electrons. The fourth-order valence-electron chi connectivity index (χ4n) is 2.81. The average Bonchev–Trinajstić information content (AvgIpc) is 2.75. The summed E-state index contributed by atoms with van der Waals surface area (Å²) in [6.07, 6.45) is 0.925. The molecule has 0 saturated heterocycles. The predicted molar refractivity (Wildman–Crippen MR) is 159 cm³/mol. The van der Waals surface area contributed by atoms with Crippen molar-refractivity contribution in [2.45, 2.75) is 6.42 Å². The van der Waals surface area contributed by atoms with E-state index in [4.69, 9.17) is 9.05 Å². The van der Waals surface area contributed by atoms with Crippen LogP contribution in [0.15, 0.2) is 53.6 Å². The van der Waals surface area contributed by atoms with Gasteiger partial charge in [0.15, 0.2) is 12.6 Å². The van der Waals surface area contributed by atoms with Gasteiger partial charge in [-0.15, -0.1) is 0 Å². The third kappa shape index (κ3) is 13.8. The Labute approximate surface area is 223 Å². The molecular formula is C18H31N3O8P6S+2. The Morgan fingerprint density at radius 2 is 1.39 bits per heavy atom. The van der Waals surface area contributed by atoms with E-state index in [-0.39, 0.29) is 6.54 Å². The van der Waals surface area contributed by atoms with Gasteiger partial charge >= 0.3 is 15.9 Å². The Morgan fingerprint density at radius 1 is 0.889 bits per heavy atom. The standard InChI is InChI=1S/C18H31N3O8P6S/c1-20(19-12-16-4-8-18(9-5-16)29-33(30)31)32(36)28-17-6-2-15(3-7-17)10-11-21(13-34(22,23)24)14-35(25,26)27/h2-9,12,22-27,36H,10-11,13-14,30-31H2,1H3/q+2/b19-12+. The molecule has 0 amide bonds. The van der Waals surface area contributed by atoms with E-state index in [1.165, 1.54) is 4.90 Å². The van der Waals surface area contributed by atoms with E-state index in [1.807, 2.05) is 24.3 Å². The van der Waals surface area contributed by atoms with Gasteiger partial charge in [0.05, 0.1) is 6.21 Å². The maximum atomic E-state index is 9.30. The minimum absolute atomic E-state index is 0.146. The predicted octanol–water partition coefficient (Wildman–Crippen LogP) is 3.78. The lowest BCUT2D eigenvalue weighted by Gasteiger charge is -2.21. The van der Waals surface area contributed by atoms with Crippen molar-refractivity contribution in [2.75, 3.05) is 26.2 Å². The Kier molecular flexibility index (Phi) is 13.6. The van der Waals surface area contributed by atoms with Crippen molar-refractivity contribution in [1.82, 2.24) is 9.68 Å². The minimum Gasteiger partial charge on any atom is -0.466 e. The molecule has 0 saturated carbocycles. The molecule has 0 bridgehead atoms. The van der Waals surface area contributed by atoms with Gasteiger partial charge in [-0.3, -0.25) is 0 Å². The SMILES string of the molecule is CN(/N=C/c1ccc(OP(P)P)cc1)P(S)Oc1ccc(CCN(C[P+](O)(O)O)C[P+](O)(O)O)cc1. The third-order valence-electron chi connectivity index (χ3n) is 4.32. The molecule has 0 aliphatic carbocycles. The van der Waals surface area contributed by atoms with Crippen molar-refractivity contribution < 1.29 is 38.4 Å². The zero-order valence-electron chi connectivity index (χ0n) is 19.3. The maximum absolute atomic E-state index is 9.30. The molecule has 3 unspecified atom stereocenters. The topological polar surface area (TPSA) is 159 Å². The van der Waals surface area contributed by atoms with E-state index in [0.29, 0.717) is 12.2 Å². The Morgan fingerprint density at radius 3 is 1.89 bits per heavy atom. The van der Waals surface area contributed by atoms with E-state index in [2.05, 4.69) is 35.2 Å². The van der Waals surface area contributed by atoms with Gasteiger partial charge in [0.1, 0.15) is 19.0 Å². The summed E-state index contributed by atoms with van der Waals surface area (Å²) >= 11 is 4.50. The van der Waals surface area contributed by atoms with Gasteiger partial charge in [-0.2, -0.15) is 34.5 Å². The van der Waals surface area contributed by atoms with Crippen molar-refractivity contribution in [3.63, 3.8) is 0 Å². The first-order valence-corrected chi connectivity index (χ1v) is 20.7. The smallest absolute Gasteiger partial charge is 0.419 e. The molecule has 6 N–H and O–H groups in total. The van der Waals surface area contributed by atoms with E-state index in [9.17, 15) is 29.4 Å². The van der Waals surface area contributed by atoms with Crippen LogP contribution in [0.2, 0.25) is 0 Å². The fraction of sp³-hybridized carbons (Fsp3) is 0.278. The molecule has 11 nitrogen and oxygen atoms in total. The molecule has 36 heavy (non-hydrogen) atoms. The molecule has 0 heterocycles. The van der Waals surface area contributed by atoms with Gasteiger partial charge in [0.25, 0.3) is 7.50 Å². The molecule has 2 aromatic carbocycles. The Hall–Kier alpha value is 0.160. The summed E-state index contributed by atoms with van der Waals surface area (Å²) in [4.78, 5) is 57.0. The van der Waals surface area contributed by atoms with E-state index in [1.54, 1.807) is 42.3 Å². The van der Waals surface area contributed by atoms with Crippen LogP contribution in [0.5, 0.6) is 11.5 Å². The zero-order valence-corrected chi connectivity index (χ0v) is 26.0. The summed E-state index contributed by atoms with van der Waals surface area (Å²) in [5.41, 5.74) is 1.74. The summed E-state index contributed by atoms with van der Waals surface area (Å²) in [6, 6.07) is 14.6. The summed E-state index contributed by atoms with van der Waals surface area (Å²) in [5.74, 6) is 1.35. The van der Waals surface area contributed by atoms with E-state index >= 15 is 0 Å². The van der Waals surface area contributed by atoms with Crippen LogP contribution in [-0.2, 0) is 6.42 Å². The number of hydrogen-bond donors (Lipinski definition) is 7. The second-order valence-electron chi connectivity index (χ2n) is 7.55. The van der Waals surface area contributed by atoms with Crippen molar-refractivity contribution in [2.24, 2.45) is 5.10 Å². The second kappa shape index (κ2) is 15.1. The van der Waals surface area contributed by atoms with Crippen molar-refractivity contribution >= 4 is 67.2 Å². The van der Waals surface area contributed by atoms with Gasteiger partial charge < -0.3 is 9.05 Å². The van der Waals surface area contributed by atoms with Gasteiger partial charge in [-0.25, -0.2) is 9.68 Å². The quantitative estimate of drug-likeness (QED) is 0.0705. The van der Waals surface area contributed by atoms with Crippen molar-refractivity contribution in [3.05, 3.63) is 59.7 Å². The molecule has 2 aromatic rings. The molecule has 18 heteroatoms. The highest BCUT2D eigenvalue weighted by Crippen LogP contribution is 2.53. The molecule has 0 aliphatic heterocycles. The number of benzene rings is 2. The summed E-state index contributed by atoms with van der Waals surface area (Å²) in [7, 11) is -3.41. The van der Waals surface area contributed by atoms with Gasteiger partial charge in [0, 0.05) is 13.6 Å². The molecule has 2 rings (SSSR count). The lowest BCUT2D eigenvalue weighted by molar-refractivity contribution is 0.248. The van der Waals surface area contributed by atoms with Crippen molar-refractivity contribution in [1.29, 1.82) is 0 Å². The molecular weight excluding hydrogens is 604 g/mol. The number of rotatable bonds is 14. The van der Waals surface area contributed by atoms with Crippen LogP contribution < -0.4 is 9.05 Å². The van der Waals surface area contributed by atoms with Crippen LogP contribution in [0.25, 0.3) is 0 Å².